The second kappa shape index (κ2) is 5.37. The number of hydrogen-bond donors (Lipinski definition) is 3. The highest BCUT2D eigenvalue weighted by Gasteiger charge is 2.08. The first-order chi connectivity index (χ1) is 8.66. The van der Waals surface area contributed by atoms with Crippen LogP contribution >= 0.6 is 0 Å². The number of carboxylic acids is 1. The van der Waals surface area contributed by atoms with E-state index in [-0.39, 0.29) is 11.5 Å². The normalized spacial score (nSPS) is 10.4. The molecule has 0 atom stereocenters. The van der Waals surface area contributed by atoms with Gasteiger partial charge in [-0.2, -0.15) is 0 Å². The molecular formula is C13H13NO4. The summed E-state index contributed by atoms with van der Waals surface area (Å²) in [6, 6.07) is 10.1. The van der Waals surface area contributed by atoms with Crippen LogP contribution in [0.15, 0.2) is 40.8 Å². The highest BCUT2D eigenvalue weighted by atomic mass is 16.4. The van der Waals surface area contributed by atoms with Crippen LogP contribution < -0.4 is 5.32 Å². The molecule has 2 rings (SSSR count). The van der Waals surface area contributed by atoms with Gasteiger partial charge in [-0.15, -0.1) is 0 Å². The zero-order valence-corrected chi connectivity index (χ0v) is 9.59. The highest BCUT2D eigenvalue weighted by molar-refractivity contribution is 5.84. The molecule has 0 saturated heterocycles. The average molecular weight is 247 g/mol. The molecule has 94 valence electrons. The van der Waals surface area contributed by atoms with Crippen molar-refractivity contribution < 1.29 is 19.4 Å². The van der Waals surface area contributed by atoms with Gasteiger partial charge < -0.3 is 19.9 Å². The van der Waals surface area contributed by atoms with Crippen LogP contribution in [0.3, 0.4) is 0 Å². The molecule has 0 fully saturated rings. The van der Waals surface area contributed by atoms with E-state index in [9.17, 15) is 9.90 Å². The number of carboxylic acid groups (broad SMARTS) is 1. The molecule has 0 aliphatic carbocycles. The smallest absolute Gasteiger partial charge is 0.371 e. The van der Waals surface area contributed by atoms with Gasteiger partial charge in [-0.05, 0) is 18.2 Å². The zero-order valence-electron chi connectivity index (χ0n) is 9.59. The molecule has 0 amide bonds. The molecule has 0 aliphatic rings. The number of aromatic hydroxyl groups is 1. The summed E-state index contributed by atoms with van der Waals surface area (Å²) < 4.78 is 5.09. The number of nitrogens with one attached hydrogen (secondary N) is 1. The summed E-state index contributed by atoms with van der Waals surface area (Å²) in [5.74, 6) is -0.380. The molecule has 3 N–H and O–H groups in total. The number of furan rings is 1. The number of para-hydroxylation sites is 1. The Hall–Kier alpha value is -2.27. The maximum atomic E-state index is 10.6. The van der Waals surface area contributed by atoms with Gasteiger partial charge in [0, 0.05) is 12.1 Å². The molecule has 0 aliphatic heterocycles. The van der Waals surface area contributed by atoms with Crippen LogP contribution in [0.2, 0.25) is 0 Å². The van der Waals surface area contributed by atoms with Crippen molar-refractivity contribution in [2.24, 2.45) is 0 Å². The fourth-order valence-electron chi connectivity index (χ4n) is 1.57. The maximum absolute atomic E-state index is 10.6. The third kappa shape index (κ3) is 2.89. The van der Waals surface area contributed by atoms with Crippen molar-refractivity contribution in [3.05, 3.63) is 53.5 Å². The van der Waals surface area contributed by atoms with E-state index in [1.807, 2.05) is 12.1 Å². The molecule has 1 heterocycles. The first-order valence-electron chi connectivity index (χ1n) is 5.46. The van der Waals surface area contributed by atoms with Gasteiger partial charge in [0.05, 0.1) is 6.54 Å². The third-order valence-electron chi connectivity index (χ3n) is 2.48. The van der Waals surface area contributed by atoms with Crippen molar-refractivity contribution in [2.75, 3.05) is 0 Å². The minimum Gasteiger partial charge on any atom is -0.508 e. The molecular weight excluding hydrogens is 234 g/mol. The van der Waals surface area contributed by atoms with Crippen LogP contribution in [0.1, 0.15) is 21.9 Å². The van der Waals surface area contributed by atoms with Crippen LogP contribution in [0.5, 0.6) is 5.75 Å². The lowest BCUT2D eigenvalue weighted by Gasteiger charge is -2.04. The summed E-state index contributed by atoms with van der Waals surface area (Å²) in [7, 11) is 0. The predicted octanol–water partition coefficient (Wildman–Crippen LogP) is 1.97. The number of carbonyl (C=O) groups is 1. The Kier molecular flexibility index (Phi) is 3.64. The first-order valence-corrected chi connectivity index (χ1v) is 5.46. The summed E-state index contributed by atoms with van der Waals surface area (Å²) in [6.07, 6.45) is 0. The molecule has 2 aromatic rings. The van der Waals surface area contributed by atoms with E-state index in [0.717, 1.165) is 5.56 Å². The number of phenolic OH excluding ortho intramolecular Hbond substituents is 1. The molecule has 5 nitrogen and oxygen atoms in total. The van der Waals surface area contributed by atoms with Crippen molar-refractivity contribution >= 4 is 5.97 Å². The number of benzene rings is 1. The lowest BCUT2D eigenvalue weighted by molar-refractivity contribution is 0.0660. The Morgan fingerprint density at radius 1 is 1.17 bits per heavy atom. The zero-order chi connectivity index (χ0) is 13.0. The van der Waals surface area contributed by atoms with E-state index in [2.05, 4.69) is 5.32 Å². The van der Waals surface area contributed by atoms with E-state index in [0.29, 0.717) is 18.8 Å². The van der Waals surface area contributed by atoms with Crippen LogP contribution in [0.25, 0.3) is 0 Å². The Morgan fingerprint density at radius 3 is 2.61 bits per heavy atom. The van der Waals surface area contributed by atoms with Gasteiger partial charge in [-0.3, -0.25) is 0 Å². The summed E-state index contributed by atoms with van der Waals surface area (Å²) in [6.45, 7) is 0.886. The number of hydrogen-bond acceptors (Lipinski definition) is 4. The lowest BCUT2D eigenvalue weighted by Crippen LogP contribution is -2.12. The standard InChI is InChI=1S/C13H13NO4/c15-11-4-2-1-3-9(11)7-14-8-10-5-6-12(18-10)13(16)17/h1-6,14-15H,7-8H2,(H,16,17). The topological polar surface area (TPSA) is 82.7 Å². The summed E-state index contributed by atoms with van der Waals surface area (Å²) in [4.78, 5) is 10.6. The highest BCUT2D eigenvalue weighted by Crippen LogP contribution is 2.15. The molecule has 0 unspecified atom stereocenters. The minimum atomic E-state index is -1.08. The summed E-state index contributed by atoms with van der Waals surface area (Å²) >= 11 is 0. The Labute approximate surface area is 104 Å². The van der Waals surface area contributed by atoms with E-state index >= 15 is 0 Å². The van der Waals surface area contributed by atoms with Gasteiger partial charge in [-0.1, -0.05) is 18.2 Å². The van der Waals surface area contributed by atoms with E-state index in [1.165, 1.54) is 6.07 Å². The van der Waals surface area contributed by atoms with E-state index in [1.54, 1.807) is 18.2 Å². The molecule has 1 aromatic heterocycles. The fourth-order valence-corrected chi connectivity index (χ4v) is 1.57. The SMILES string of the molecule is O=C(O)c1ccc(CNCc2ccccc2O)o1. The van der Waals surface area contributed by atoms with Gasteiger partial charge in [0.2, 0.25) is 5.76 Å². The van der Waals surface area contributed by atoms with E-state index in [4.69, 9.17) is 9.52 Å². The molecule has 18 heavy (non-hydrogen) atoms. The molecule has 0 radical (unpaired) electrons. The van der Waals surface area contributed by atoms with Crippen molar-refractivity contribution in [2.45, 2.75) is 13.1 Å². The van der Waals surface area contributed by atoms with Crippen molar-refractivity contribution in [1.29, 1.82) is 0 Å². The molecule has 0 bridgehead atoms. The van der Waals surface area contributed by atoms with E-state index < -0.39 is 5.97 Å². The van der Waals surface area contributed by atoms with Gasteiger partial charge in [-0.25, -0.2) is 4.79 Å². The van der Waals surface area contributed by atoms with Crippen LogP contribution in [-0.4, -0.2) is 16.2 Å². The van der Waals surface area contributed by atoms with Crippen LogP contribution in [-0.2, 0) is 13.1 Å². The third-order valence-corrected chi connectivity index (χ3v) is 2.48. The van der Waals surface area contributed by atoms with Crippen molar-refractivity contribution in [3.8, 4) is 5.75 Å². The van der Waals surface area contributed by atoms with Crippen molar-refractivity contribution in [1.82, 2.24) is 5.32 Å². The summed E-state index contributed by atoms with van der Waals surface area (Å²) in [5.41, 5.74) is 0.780. The molecule has 1 aromatic carbocycles. The van der Waals surface area contributed by atoms with Gasteiger partial charge >= 0.3 is 5.97 Å². The lowest BCUT2D eigenvalue weighted by atomic mass is 10.2. The largest absolute Gasteiger partial charge is 0.508 e. The van der Waals surface area contributed by atoms with Gasteiger partial charge in [0.15, 0.2) is 0 Å². The molecule has 0 spiro atoms. The van der Waals surface area contributed by atoms with Crippen LogP contribution in [0, 0.1) is 0 Å². The average Bonchev–Trinajstić information content (AvgIpc) is 2.80. The maximum Gasteiger partial charge on any atom is 0.371 e. The Balaban J connectivity index is 1.88. The predicted molar refractivity (Wildman–Crippen MR) is 64.3 cm³/mol. The second-order valence-electron chi connectivity index (χ2n) is 3.80. The first kappa shape index (κ1) is 12.2. The number of phenols is 1. The fraction of sp³-hybridized carbons (Fsp3) is 0.154. The Morgan fingerprint density at radius 2 is 1.94 bits per heavy atom. The van der Waals surface area contributed by atoms with Gasteiger partial charge in [0.1, 0.15) is 11.5 Å². The van der Waals surface area contributed by atoms with Crippen molar-refractivity contribution in [3.63, 3.8) is 0 Å². The molecule has 0 saturated carbocycles. The minimum absolute atomic E-state index is 0.0747. The number of rotatable bonds is 5. The van der Waals surface area contributed by atoms with Crippen LogP contribution in [0.4, 0.5) is 0 Å². The quantitative estimate of drug-likeness (QED) is 0.752. The monoisotopic (exact) mass is 247 g/mol. The Bertz CT molecular complexity index is 547. The molecule has 5 heteroatoms. The van der Waals surface area contributed by atoms with Gasteiger partial charge in [0.25, 0.3) is 0 Å². The summed E-state index contributed by atoms with van der Waals surface area (Å²) in [5, 5.41) is 21.3. The number of aromatic carboxylic acids is 1. The second-order valence-corrected chi connectivity index (χ2v) is 3.80.